The number of rotatable bonds is 4. The van der Waals surface area contributed by atoms with Gasteiger partial charge in [0.05, 0.1) is 26.9 Å². The molecule has 7 heteroatoms. The SMILES string of the molecule is COc1cc(OC)c(C=C2C(=C(C#N)C#N)c3ccccc3C2=C(C#N)C#N)c(OC)c1. The molecular weight excluding hydrogens is 404 g/mol. The van der Waals surface area contributed by atoms with E-state index in [2.05, 4.69) is 0 Å². The fourth-order valence-electron chi connectivity index (χ4n) is 3.61. The maximum Gasteiger partial charge on any atom is 0.138 e. The predicted molar refractivity (Wildman–Crippen MR) is 117 cm³/mol. The molecule has 7 nitrogen and oxygen atoms in total. The van der Waals surface area contributed by atoms with Crippen LogP contribution in [0.15, 0.2) is 53.1 Å². The molecule has 0 saturated carbocycles. The van der Waals surface area contributed by atoms with Gasteiger partial charge < -0.3 is 14.2 Å². The van der Waals surface area contributed by atoms with Crippen LogP contribution in [0.4, 0.5) is 0 Å². The zero-order valence-corrected chi connectivity index (χ0v) is 17.6. The number of benzene rings is 2. The molecule has 1 aliphatic carbocycles. The van der Waals surface area contributed by atoms with Gasteiger partial charge in [0, 0.05) is 23.3 Å². The summed E-state index contributed by atoms with van der Waals surface area (Å²) in [5, 5.41) is 38.5. The molecule has 0 aromatic heterocycles. The second-order valence-corrected chi connectivity index (χ2v) is 6.50. The largest absolute Gasteiger partial charge is 0.496 e. The Morgan fingerprint density at radius 2 is 1.16 bits per heavy atom. The summed E-state index contributed by atoms with van der Waals surface area (Å²) in [5.74, 6) is 1.33. The van der Waals surface area contributed by atoms with Crippen LogP contribution in [0.1, 0.15) is 16.7 Å². The van der Waals surface area contributed by atoms with Gasteiger partial charge in [0.2, 0.25) is 0 Å². The molecule has 0 amide bonds. The van der Waals surface area contributed by atoms with Gasteiger partial charge in [-0.15, -0.1) is 0 Å². The molecule has 0 fully saturated rings. The van der Waals surface area contributed by atoms with E-state index in [1.165, 1.54) is 21.3 Å². The van der Waals surface area contributed by atoms with E-state index < -0.39 is 0 Å². The van der Waals surface area contributed by atoms with E-state index >= 15 is 0 Å². The standard InChI is InChI=1S/C25H16N4O3/c1-30-17-8-22(31-2)20(23(9-17)32-3)10-21-24(15(11-26)12-27)18-6-4-5-7-19(18)25(21)16(13-28)14-29/h4-10H,1-3H3. The lowest BCUT2D eigenvalue weighted by Gasteiger charge is -2.14. The second kappa shape index (κ2) is 9.23. The van der Waals surface area contributed by atoms with Crippen molar-refractivity contribution in [3.63, 3.8) is 0 Å². The first-order valence-corrected chi connectivity index (χ1v) is 9.29. The summed E-state index contributed by atoms with van der Waals surface area (Å²) >= 11 is 0. The third-order valence-electron chi connectivity index (χ3n) is 4.99. The van der Waals surface area contributed by atoms with E-state index in [1.54, 1.807) is 42.5 Å². The fourth-order valence-corrected chi connectivity index (χ4v) is 3.61. The van der Waals surface area contributed by atoms with E-state index in [0.717, 1.165) is 0 Å². The summed E-state index contributed by atoms with van der Waals surface area (Å²) in [4.78, 5) is 0. The highest BCUT2D eigenvalue weighted by Gasteiger charge is 2.32. The Morgan fingerprint density at radius 3 is 1.50 bits per heavy atom. The van der Waals surface area contributed by atoms with Gasteiger partial charge in [-0.05, 0) is 22.8 Å². The minimum atomic E-state index is -0.139. The van der Waals surface area contributed by atoms with Crippen LogP contribution >= 0.6 is 0 Å². The molecule has 0 atom stereocenters. The number of hydrogen-bond acceptors (Lipinski definition) is 7. The fraction of sp³-hybridized carbons (Fsp3) is 0.120. The Morgan fingerprint density at radius 1 is 0.719 bits per heavy atom. The minimum absolute atomic E-state index is 0.139. The van der Waals surface area contributed by atoms with E-state index in [9.17, 15) is 21.0 Å². The van der Waals surface area contributed by atoms with E-state index in [-0.39, 0.29) is 11.1 Å². The van der Waals surface area contributed by atoms with Crippen molar-refractivity contribution in [1.82, 2.24) is 0 Å². The number of hydrogen-bond donors (Lipinski definition) is 0. The normalized spacial score (nSPS) is 11.3. The Hall–Kier alpha value is -4.98. The number of nitriles is 4. The van der Waals surface area contributed by atoms with E-state index in [4.69, 9.17) is 14.2 Å². The van der Waals surface area contributed by atoms with Crippen LogP contribution in [0.25, 0.3) is 17.2 Å². The summed E-state index contributed by atoms with van der Waals surface area (Å²) in [6.07, 6.45) is 1.66. The minimum Gasteiger partial charge on any atom is -0.496 e. The Bertz CT molecular complexity index is 1240. The van der Waals surface area contributed by atoms with Gasteiger partial charge in [0.25, 0.3) is 0 Å². The molecule has 0 radical (unpaired) electrons. The number of fused-ring (bicyclic) bond motifs is 1. The lowest BCUT2D eigenvalue weighted by molar-refractivity contribution is 0.374. The highest BCUT2D eigenvalue weighted by molar-refractivity contribution is 6.15. The van der Waals surface area contributed by atoms with Crippen LogP contribution in [0, 0.1) is 45.3 Å². The summed E-state index contributed by atoms with van der Waals surface area (Å²) in [7, 11) is 4.48. The van der Waals surface area contributed by atoms with Gasteiger partial charge in [-0.25, -0.2) is 0 Å². The second-order valence-electron chi connectivity index (χ2n) is 6.50. The van der Waals surface area contributed by atoms with Crippen molar-refractivity contribution in [1.29, 1.82) is 21.0 Å². The van der Waals surface area contributed by atoms with Crippen molar-refractivity contribution in [3.8, 4) is 41.5 Å². The van der Waals surface area contributed by atoms with E-state index in [1.807, 2.05) is 24.3 Å². The van der Waals surface area contributed by atoms with Gasteiger partial charge in [0.15, 0.2) is 0 Å². The number of nitrogens with zero attached hydrogens (tertiary/aromatic N) is 4. The summed E-state index contributed by atoms with van der Waals surface area (Å²) in [6.45, 7) is 0. The predicted octanol–water partition coefficient (Wildman–Crippen LogP) is 4.41. The van der Waals surface area contributed by atoms with Crippen LogP contribution < -0.4 is 14.2 Å². The van der Waals surface area contributed by atoms with Crippen LogP contribution in [-0.4, -0.2) is 21.3 Å². The van der Waals surface area contributed by atoms with Gasteiger partial charge in [0.1, 0.15) is 52.7 Å². The Kier molecular flexibility index (Phi) is 6.26. The molecule has 0 heterocycles. The first-order chi connectivity index (χ1) is 15.6. The molecule has 1 aliphatic rings. The zero-order valence-electron chi connectivity index (χ0n) is 17.6. The van der Waals surface area contributed by atoms with Crippen LogP contribution in [0.3, 0.4) is 0 Å². The lowest BCUT2D eigenvalue weighted by Crippen LogP contribution is -1.96. The van der Waals surface area contributed by atoms with Crippen molar-refractivity contribution in [2.45, 2.75) is 0 Å². The molecule has 3 rings (SSSR count). The number of ether oxygens (including phenoxy) is 3. The number of methoxy groups -OCH3 is 3. The summed E-state index contributed by atoms with van der Waals surface area (Å²) in [5.41, 5.74) is 2.44. The first-order valence-electron chi connectivity index (χ1n) is 9.29. The van der Waals surface area contributed by atoms with Crippen LogP contribution in [-0.2, 0) is 0 Å². The maximum absolute atomic E-state index is 9.64. The van der Waals surface area contributed by atoms with Gasteiger partial charge in [-0.1, -0.05) is 24.3 Å². The molecule has 0 aliphatic heterocycles. The van der Waals surface area contributed by atoms with Crippen molar-refractivity contribution >= 4 is 17.2 Å². The van der Waals surface area contributed by atoms with Crippen LogP contribution in [0.5, 0.6) is 17.2 Å². The third-order valence-corrected chi connectivity index (χ3v) is 4.99. The molecule has 32 heavy (non-hydrogen) atoms. The number of allylic oxidation sites excluding steroid dienone is 5. The average Bonchev–Trinajstić information content (AvgIpc) is 3.15. The van der Waals surface area contributed by atoms with Gasteiger partial charge in [-0.3, -0.25) is 0 Å². The van der Waals surface area contributed by atoms with Crippen LogP contribution in [0.2, 0.25) is 0 Å². The first kappa shape index (κ1) is 21.7. The van der Waals surface area contributed by atoms with Crippen molar-refractivity contribution < 1.29 is 14.2 Å². The molecular formula is C25H16N4O3. The summed E-state index contributed by atoms with van der Waals surface area (Å²) < 4.78 is 16.3. The molecule has 2 aromatic carbocycles. The Balaban J connectivity index is 2.52. The van der Waals surface area contributed by atoms with Crippen molar-refractivity contribution in [2.24, 2.45) is 0 Å². The highest BCUT2D eigenvalue weighted by atomic mass is 16.5. The maximum atomic E-state index is 9.64. The quantitative estimate of drug-likeness (QED) is 0.671. The molecule has 154 valence electrons. The molecule has 0 unspecified atom stereocenters. The van der Waals surface area contributed by atoms with E-state index in [0.29, 0.717) is 50.7 Å². The van der Waals surface area contributed by atoms with Crippen molar-refractivity contribution in [3.05, 3.63) is 69.8 Å². The topological polar surface area (TPSA) is 123 Å². The average molecular weight is 420 g/mol. The van der Waals surface area contributed by atoms with Gasteiger partial charge in [-0.2, -0.15) is 21.0 Å². The molecule has 2 aromatic rings. The van der Waals surface area contributed by atoms with Crippen molar-refractivity contribution in [2.75, 3.05) is 21.3 Å². The zero-order chi connectivity index (χ0) is 23.3. The van der Waals surface area contributed by atoms with Gasteiger partial charge >= 0.3 is 0 Å². The lowest BCUT2D eigenvalue weighted by atomic mass is 9.94. The monoisotopic (exact) mass is 420 g/mol. The third kappa shape index (κ3) is 3.52. The highest BCUT2D eigenvalue weighted by Crippen LogP contribution is 2.50. The molecule has 0 spiro atoms. The Labute approximate surface area is 185 Å². The molecule has 0 bridgehead atoms. The summed E-state index contributed by atoms with van der Waals surface area (Å²) in [6, 6.07) is 18.1. The molecule has 0 N–H and O–H groups in total. The molecule has 0 saturated heterocycles. The smallest absolute Gasteiger partial charge is 0.138 e.